The van der Waals surface area contributed by atoms with Crippen molar-refractivity contribution in [3.63, 3.8) is 0 Å². The molecule has 0 nitrogen and oxygen atoms in total. The third kappa shape index (κ3) is 4.13. The number of hydrogen-bond acceptors (Lipinski definition) is 0. The van der Waals surface area contributed by atoms with Crippen LogP contribution in [0.15, 0.2) is 72.8 Å². The van der Waals surface area contributed by atoms with Crippen LogP contribution in [0.3, 0.4) is 0 Å². The third-order valence-electron chi connectivity index (χ3n) is 5.23. The van der Waals surface area contributed by atoms with Crippen LogP contribution < -0.4 is 0 Å². The highest BCUT2D eigenvalue weighted by molar-refractivity contribution is 5.69. The lowest BCUT2D eigenvalue weighted by molar-refractivity contribution is 0.513. The molecule has 162 valence electrons. The van der Waals surface area contributed by atoms with Gasteiger partial charge in [-0.15, -0.1) is 0 Å². The van der Waals surface area contributed by atoms with E-state index in [4.69, 9.17) is 0 Å². The molecule has 4 aromatic rings. The molecule has 0 saturated heterocycles. The second-order valence-electron chi connectivity index (χ2n) is 7.34. The predicted molar refractivity (Wildman–Crippen MR) is 110 cm³/mol. The van der Waals surface area contributed by atoms with Crippen LogP contribution in [-0.2, 0) is 12.8 Å². The van der Waals surface area contributed by atoms with Gasteiger partial charge in [-0.25, -0.2) is 26.3 Å². The fraction of sp³-hybridized carbons (Fsp3) is 0.0769. The van der Waals surface area contributed by atoms with Gasteiger partial charge in [0.05, 0.1) is 11.1 Å². The smallest absolute Gasteiger partial charge is 0.140 e. The van der Waals surface area contributed by atoms with Gasteiger partial charge in [-0.05, 0) is 11.1 Å². The monoisotopic (exact) mass is 442 g/mol. The predicted octanol–water partition coefficient (Wildman–Crippen LogP) is 7.37. The molecule has 0 aliphatic rings. The average Bonchev–Trinajstić information content (AvgIpc) is 2.77. The quantitative estimate of drug-likeness (QED) is 0.283. The number of halogens is 6. The van der Waals surface area contributed by atoms with Gasteiger partial charge in [-0.1, -0.05) is 60.7 Å². The fourth-order valence-corrected chi connectivity index (χ4v) is 3.64. The lowest BCUT2D eigenvalue weighted by Crippen LogP contribution is -2.08. The molecule has 6 heteroatoms. The van der Waals surface area contributed by atoms with Crippen LogP contribution in [0.5, 0.6) is 0 Å². The maximum absolute atomic E-state index is 15.3. The summed E-state index contributed by atoms with van der Waals surface area (Å²) in [5.74, 6) is -8.18. The first kappa shape index (κ1) is 21.7. The molecule has 32 heavy (non-hydrogen) atoms. The van der Waals surface area contributed by atoms with Gasteiger partial charge in [0.2, 0.25) is 0 Å². The van der Waals surface area contributed by atoms with Crippen molar-refractivity contribution < 1.29 is 26.3 Å². The minimum Gasteiger partial charge on any atom is -0.206 e. The van der Waals surface area contributed by atoms with E-state index in [1.807, 2.05) is 0 Å². The second kappa shape index (κ2) is 8.91. The van der Waals surface area contributed by atoms with Gasteiger partial charge in [-0.3, -0.25) is 0 Å². The van der Waals surface area contributed by atoms with E-state index in [9.17, 15) is 17.6 Å². The number of rotatable bonds is 5. The van der Waals surface area contributed by atoms with Crippen LogP contribution in [0.25, 0.3) is 11.1 Å². The lowest BCUT2D eigenvalue weighted by Gasteiger charge is -2.15. The Kier molecular flexibility index (Phi) is 6.04. The fourth-order valence-electron chi connectivity index (χ4n) is 3.64. The van der Waals surface area contributed by atoms with Gasteiger partial charge in [-0.2, -0.15) is 0 Å². The van der Waals surface area contributed by atoms with Crippen molar-refractivity contribution in [2.24, 2.45) is 0 Å². The zero-order chi connectivity index (χ0) is 22.8. The maximum atomic E-state index is 15.3. The van der Waals surface area contributed by atoms with Crippen LogP contribution in [0.2, 0.25) is 0 Å². The molecule has 0 N–H and O–H groups in total. The molecule has 0 aliphatic carbocycles. The van der Waals surface area contributed by atoms with Gasteiger partial charge in [0.25, 0.3) is 0 Å². The highest BCUT2D eigenvalue weighted by atomic mass is 19.2. The van der Waals surface area contributed by atoms with E-state index in [0.717, 1.165) is 0 Å². The van der Waals surface area contributed by atoms with Gasteiger partial charge in [0, 0.05) is 36.1 Å². The maximum Gasteiger partial charge on any atom is 0.140 e. The van der Waals surface area contributed by atoms with E-state index < -0.39 is 57.2 Å². The van der Waals surface area contributed by atoms with E-state index in [2.05, 4.69) is 0 Å². The normalized spacial score (nSPS) is 11.1. The first-order valence-corrected chi connectivity index (χ1v) is 9.77. The van der Waals surface area contributed by atoms with Crippen molar-refractivity contribution in [1.82, 2.24) is 0 Å². The van der Waals surface area contributed by atoms with Crippen molar-refractivity contribution in [1.29, 1.82) is 0 Å². The van der Waals surface area contributed by atoms with Crippen molar-refractivity contribution in [3.05, 3.63) is 130 Å². The molecule has 0 amide bonds. The average molecular weight is 442 g/mol. The number of hydrogen-bond donors (Lipinski definition) is 0. The van der Waals surface area contributed by atoms with Gasteiger partial charge < -0.3 is 0 Å². The Hall–Kier alpha value is -3.54. The van der Waals surface area contributed by atoms with E-state index in [1.54, 1.807) is 60.7 Å². The van der Waals surface area contributed by atoms with Crippen LogP contribution in [0, 0.1) is 34.9 Å². The van der Waals surface area contributed by atoms with E-state index in [0.29, 0.717) is 23.3 Å². The standard InChI is InChI=1S/C26H16F6/c27-19-13-21(29)23(25(31)17(19)11-15-7-3-1-4-8-15)24-22(30)14-20(28)18(26(24)32)12-16-9-5-2-6-10-16/h1-10,13-14H,11-12H2. The first-order chi connectivity index (χ1) is 15.4. The topological polar surface area (TPSA) is 0 Å². The van der Waals surface area contributed by atoms with Crippen LogP contribution in [0.4, 0.5) is 26.3 Å². The second-order valence-corrected chi connectivity index (χ2v) is 7.34. The molecule has 0 fully saturated rings. The summed E-state index contributed by atoms with van der Waals surface area (Å²) in [6.45, 7) is 0. The van der Waals surface area contributed by atoms with Gasteiger partial charge >= 0.3 is 0 Å². The molecular formula is C26H16F6. The van der Waals surface area contributed by atoms with Crippen molar-refractivity contribution in [2.75, 3.05) is 0 Å². The summed E-state index contributed by atoms with van der Waals surface area (Å²) in [4.78, 5) is 0. The van der Waals surface area contributed by atoms with Crippen LogP contribution >= 0.6 is 0 Å². The Labute approximate surface area is 180 Å². The molecule has 0 unspecified atom stereocenters. The Balaban J connectivity index is 1.88. The summed E-state index contributed by atoms with van der Waals surface area (Å²) < 4.78 is 88.6. The molecule has 0 aromatic heterocycles. The van der Waals surface area contributed by atoms with E-state index in [-0.39, 0.29) is 12.8 Å². The van der Waals surface area contributed by atoms with Crippen LogP contribution in [-0.4, -0.2) is 0 Å². The number of benzene rings is 4. The van der Waals surface area contributed by atoms with Crippen LogP contribution in [0.1, 0.15) is 22.3 Å². The summed E-state index contributed by atoms with van der Waals surface area (Å²) in [5.41, 5.74) is -2.18. The molecule has 0 saturated carbocycles. The summed E-state index contributed by atoms with van der Waals surface area (Å²) >= 11 is 0. The summed E-state index contributed by atoms with van der Waals surface area (Å²) in [6, 6.07) is 17.3. The third-order valence-corrected chi connectivity index (χ3v) is 5.23. The molecule has 0 atom stereocenters. The SMILES string of the molecule is Fc1cc(F)c(-c2c(F)cc(F)c(Cc3ccccc3)c2F)c(F)c1Cc1ccccc1. The van der Waals surface area contributed by atoms with Crippen molar-refractivity contribution >= 4 is 0 Å². The first-order valence-electron chi connectivity index (χ1n) is 9.77. The van der Waals surface area contributed by atoms with Gasteiger partial charge in [0.1, 0.15) is 34.9 Å². The summed E-state index contributed by atoms with van der Waals surface area (Å²) in [7, 11) is 0. The minimum absolute atomic E-state index is 0.257. The van der Waals surface area contributed by atoms with Crippen molar-refractivity contribution in [2.45, 2.75) is 12.8 Å². The van der Waals surface area contributed by atoms with Gasteiger partial charge in [0.15, 0.2) is 0 Å². The molecule has 4 rings (SSSR count). The molecule has 4 aromatic carbocycles. The zero-order valence-corrected chi connectivity index (χ0v) is 16.6. The highest BCUT2D eigenvalue weighted by Gasteiger charge is 2.28. The summed E-state index contributed by atoms with van der Waals surface area (Å²) in [5, 5.41) is 0. The molecule has 0 spiro atoms. The summed E-state index contributed by atoms with van der Waals surface area (Å²) in [6.07, 6.45) is -0.514. The van der Waals surface area contributed by atoms with E-state index in [1.165, 1.54) is 0 Å². The molecule has 0 aliphatic heterocycles. The highest BCUT2D eigenvalue weighted by Crippen LogP contribution is 2.37. The Morgan fingerprint density at radius 2 is 0.781 bits per heavy atom. The molecule has 0 heterocycles. The Morgan fingerprint density at radius 3 is 1.12 bits per heavy atom. The Morgan fingerprint density at radius 1 is 0.438 bits per heavy atom. The largest absolute Gasteiger partial charge is 0.206 e. The van der Waals surface area contributed by atoms with E-state index >= 15 is 8.78 Å². The molecule has 0 radical (unpaired) electrons. The Bertz CT molecular complexity index is 1170. The lowest BCUT2D eigenvalue weighted by atomic mass is 9.93. The zero-order valence-electron chi connectivity index (χ0n) is 16.6. The molecule has 0 bridgehead atoms. The molecular weight excluding hydrogens is 426 g/mol. The minimum atomic E-state index is -1.48. The van der Waals surface area contributed by atoms with Crippen molar-refractivity contribution in [3.8, 4) is 11.1 Å².